The van der Waals surface area contributed by atoms with Crippen LogP contribution in [0.2, 0.25) is 0 Å². The molecule has 1 fully saturated rings. The van der Waals surface area contributed by atoms with Crippen molar-refractivity contribution in [2.45, 2.75) is 51.7 Å². The first-order valence-electron chi connectivity index (χ1n) is 7.25. The van der Waals surface area contributed by atoms with Crippen molar-refractivity contribution in [1.29, 1.82) is 0 Å². The Bertz CT molecular complexity index is 350. The second kappa shape index (κ2) is 7.36. The third-order valence-electron chi connectivity index (χ3n) is 3.22. The number of hydrogen-bond donors (Lipinski definition) is 2. The van der Waals surface area contributed by atoms with Crippen molar-refractivity contribution in [3.8, 4) is 0 Å². The van der Waals surface area contributed by atoms with E-state index >= 15 is 0 Å². The molecule has 0 aliphatic carbocycles. The van der Waals surface area contributed by atoms with Crippen LogP contribution in [0, 0.1) is 0 Å². The molecule has 6 nitrogen and oxygen atoms in total. The normalized spacial score (nSPS) is 20.6. The molecule has 1 unspecified atom stereocenters. The van der Waals surface area contributed by atoms with Crippen molar-refractivity contribution >= 4 is 12.1 Å². The van der Waals surface area contributed by atoms with Gasteiger partial charge in [-0.25, -0.2) is 4.79 Å². The van der Waals surface area contributed by atoms with Crippen LogP contribution < -0.4 is 10.6 Å². The van der Waals surface area contributed by atoms with Crippen molar-refractivity contribution in [2.24, 2.45) is 4.99 Å². The van der Waals surface area contributed by atoms with E-state index in [9.17, 15) is 4.79 Å². The van der Waals surface area contributed by atoms with Crippen LogP contribution in [0.3, 0.4) is 0 Å². The maximum atomic E-state index is 12.2. The summed E-state index contributed by atoms with van der Waals surface area (Å²) in [6.07, 6.45) is 2.95. The number of guanidine groups is 1. The fraction of sp³-hybridized carbons (Fsp3) is 0.857. The number of carbonyl (C=O) groups is 1. The molecule has 1 aliphatic heterocycles. The summed E-state index contributed by atoms with van der Waals surface area (Å²) in [5.74, 6) is 0.736. The Morgan fingerprint density at radius 2 is 2.10 bits per heavy atom. The molecule has 20 heavy (non-hydrogen) atoms. The largest absolute Gasteiger partial charge is 0.444 e. The summed E-state index contributed by atoms with van der Waals surface area (Å²) >= 11 is 0. The molecule has 1 heterocycles. The topological polar surface area (TPSA) is 66.0 Å². The number of ether oxygens (including phenoxy) is 1. The number of carbonyl (C=O) groups excluding carboxylic acids is 1. The van der Waals surface area contributed by atoms with E-state index in [1.165, 1.54) is 0 Å². The molecule has 1 atom stereocenters. The van der Waals surface area contributed by atoms with Gasteiger partial charge in [0.05, 0.1) is 6.04 Å². The molecule has 2 N–H and O–H groups in total. The SMILES string of the molecule is CN=C(NC)NCC1CCCCN1C(=O)OC(C)(C)C. The lowest BCUT2D eigenvalue weighted by atomic mass is 10.0. The van der Waals surface area contributed by atoms with Gasteiger partial charge < -0.3 is 20.3 Å². The minimum atomic E-state index is -0.451. The first-order chi connectivity index (χ1) is 9.37. The van der Waals surface area contributed by atoms with Crippen LogP contribution in [0.5, 0.6) is 0 Å². The first kappa shape index (κ1) is 16.6. The maximum Gasteiger partial charge on any atom is 0.410 e. The maximum absolute atomic E-state index is 12.2. The van der Waals surface area contributed by atoms with E-state index < -0.39 is 5.60 Å². The van der Waals surface area contributed by atoms with Crippen LogP contribution in [0.25, 0.3) is 0 Å². The Morgan fingerprint density at radius 1 is 1.40 bits per heavy atom. The minimum absolute atomic E-state index is 0.156. The Balaban J connectivity index is 2.60. The van der Waals surface area contributed by atoms with E-state index in [1.807, 2.05) is 32.7 Å². The van der Waals surface area contributed by atoms with Crippen molar-refractivity contribution in [2.75, 3.05) is 27.2 Å². The lowest BCUT2D eigenvalue weighted by Gasteiger charge is -2.37. The second-order valence-corrected chi connectivity index (χ2v) is 6.03. The summed E-state index contributed by atoms with van der Waals surface area (Å²) in [5.41, 5.74) is -0.451. The summed E-state index contributed by atoms with van der Waals surface area (Å²) in [5, 5.41) is 6.20. The molecule has 1 saturated heterocycles. The highest BCUT2D eigenvalue weighted by Gasteiger charge is 2.30. The molecule has 0 bridgehead atoms. The number of nitrogens with one attached hydrogen (secondary N) is 2. The molecule has 116 valence electrons. The van der Waals surface area contributed by atoms with Crippen molar-refractivity contribution in [1.82, 2.24) is 15.5 Å². The van der Waals surface area contributed by atoms with E-state index in [1.54, 1.807) is 7.05 Å². The smallest absolute Gasteiger partial charge is 0.410 e. The van der Waals surface area contributed by atoms with Gasteiger partial charge in [-0.2, -0.15) is 0 Å². The third kappa shape index (κ3) is 5.27. The Morgan fingerprint density at radius 3 is 2.65 bits per heavy atom. The summed E-state index contributed by atoms with van der Waals surface area (Å²) in [6.45, 7) is 7.13. The average Bonchev–Trinajstić information content (AvgIpc) is 2.38. The predicted molar refractivity (Wildman–Crippen MR) is 81.0 cm³/mol. The molecule has 0 saturated carbocycles. The molecule has 0 aromatic rings. The molecule has 0 radical (unpaired) electrons. The lowest BCUT2D eigenvalue weighted by Crippen LogP contribution is -2.52. The minimum Gasteiger partial charge on any atom is -0.444 e. The number of hydrogen-bond acceptors (Lipinski definition) is 3. The molecule has 1 rings (SSSR count). The van der Waals surface area contributed by atoms with Gasteiger partial charge in [-0.15, -0.1) is 0 Å². The third-order valence-corrected chi connectivity index (χ3v) is 3.22. The number of likely N-dealkylation sites (tertiary alicyclic amines) is 1. The Kier molecular flexibility index (Phi) is 6.10. The van der Waals surface area contributed by atoms with Gasteiger partial charge in [0.1, 0.15) is 5.60 Å². The molecule has 0 aromatic carbocycles. The van der Waals surface area contributed by atoms with E-state index in [0.717, 1.165) is 31.8 Å². The molecule has 1 amide bonds. The van der Waals surface area contributed by atoms with Gasteiger partial charge in [0.2, 0.25) is 0 Å². The van der Waals surface area contributed by atoms with E-state index in [2.05, 4.69) is 15.6 Å². The number of rotatable bonds is 2. The van der Waals surface area contributed by atoms with Crippen LogP contribution in [-0.4, -0.2) is 55.8 Å². The highest BCUT2D eigenvalue weighted by atomic mass is 16.6. The summed E-state index contributed by atoms with van der Waals surface area (Å²) in [4.78, 5) is 18.2. The number of amides is 1. The van der Waals surface area contributed by atoms with E-state index in [4.69, 9.17) is 4.74 Å². The fourth-order valence-corrected chi connectivity index (χ4v) is 2.27. The van der Waals surface area contributed by atoms with Crippen LogP contribution in [-0.2, 0) is 4.74 Å². The fourth-order valence-electron chi connectivity index (χ4n) is 2.27. The van der Waals surface area contributed by atoms with E-state index in [-0.39, 0.29) is 12.1 Å². The van der Waals surface area contributed by atoms with E-state index in [0.29, 0.717) is 6.54 Å². The molecule has 0 aromatic heterocycles. The average molecular weight is 284 g/mol. The molecule has 6 heteroatoms. The molecular formula is C14H28N4O2. The van der Waals surface area contributed by atoms with Crippen LogP contribution in [0.4, 0.5) is 4.79 Å². The van der Waals surface area contributed by atoms with Crippen LogP contribution >= 0.6 is 0 Å². The molecule has 1 aliphatic rings. The standard InChI is InChI=1S/C14H28N4O2/c1-14(2,3)20-13(19)18-9-7-6-8-11(18)10-17-12(15-4)16-5/h11H,6-10H2,1-5H3,(H2,15,16,17). The van der Waals surface area contributed by atoms with Crippen molar-refractivity contribution < 1.29 is 9.53 Å². The monoisotopic (exact) mass is 284 g/mol. The second-order valence-electron chi connectivity index (χ2n) is 6.03. The lowest BCUT2D eigenvalue weighted by molar-refractivity contribution is 0.0104. The van der Waals surface area contributed by atoms with Crippen molar-refractivity contribution in [3.05, 3.63) is 0 Å². The molecule has 0 spiro atoms. The van der Waals surface area contributed by atoms with Gasteiger partial charge in [0.15, 0.2) is 5.96 Å². The number of aliphatic imine (C=N–C) groups is 1. The zero-order valence-corrected chi connectivity index (χ0v) is 13.3. The number of piperidine rings is 1. The van der Waals surface area contributed by atoms with Gasteiger partial charge in [0.25, 0.3) is 0 Å². The van der Waals surface area contributed by atoms with Gasteiger partial charge >= 0.3 is 6.09 Å². The zero-order chi connectivity index (χ0) is 15.2. The quantitative estimate of drug-likeness (QED) is 0.597. The molecular weight excluding hydrogens is 256 g/mol. The van der Waals surface area contributed by atoms with Crippen LogP contribution in [0.15, 0.2) is 4.99 Å². The predicted octanol–water partition coefficient (Wildman–Crippen LogP) is 1.57. The van der Waals surface area contributed by atoms with Crippen LogP contribution in [0.1, 0.15) is 40.0 Å². The number of nitrogens with zero attached hydrogens (tertiary/aromatic N) is 2. The summed E-state index contributed by atoms with van der Waals surface area (Å²) in [7, 11) is 3.55. The summed E-state index contributed by atoms with van der Waals surface area (Å²) < 4.78 is 5.48. The van der Waals surface area contributed by atoms with Gasteiger partial charge in [-0.3, -0.25) is 4.99 Å². The highest BCUT2D eigenvalue weighted by Crippen LogP contribution is 2.19. The Hall–Kier alpha value is -1.46. The Labute approximate surface area is 122 Å². The summed E-state index contributed by atoms with van der Waals surface area (Å²) in [6, 6.07) is 0.156. The first-order valence-corrected chi connectivity index (χ1v) is 7.25. The zero-order valence-electron chi connectivity index (χ0n) is 13.3. The van der Waals surface area contributed by atoms with Gasteiger partial charge in [-0.05, 0) is 40.0 Å². The van der Waals surface area contributed by atoms with Gasteiger partial charge in [-0.1, -0.05) is 0 Å². The van der Waals surface area contributed by atoms with Gasteiger partial charge in [0, 0.05) is 27.2 Å². The highest BCUT2D eigenvalue weighted by molar-refractivity contribution is 5.79. The van der Waals surface area contributed by atoms with Crippen molar-refractivity contribution in [3.63, 3.8) is 0 Å².